The molecule has 0 radical (unpaired) electrons. The molecule has 7 nitrogen and oxygen atoms in total. The fourth-order valence-corrected chi connectivity index (χ4v) is 3.46. The summed E-state index contributed by atoms with van der Waals surface area (Å²) >= 11 is 1.49. The van der Waals surface area contributed by atoms with Crippen LogP contribution in [0.3, 0.4) is 0 Å². The minimum Gasteiger partial charge on any atom is -0.328 e. The summed E-state index contributed by atoms with van der Waals surface area (Å²) in [4.78, 5) is 17.0. The summed E-state index contributed by atoms with van der Waals surface area (Å²) in [6.07, 6.45) is 8.03. The molecule has 0 fully saturated rings. The molecule has 1 N–H and O–H groups in total. The van der Waals surface area contributed by atoms with Crippen molar-refractivity contribution in [2.75, 3.05) is 11.6 Å². The zero-order valence-corrected chi connectivity index (χ0v) is 13.2. The standard InChI is InChI=1S/C14H16N6OS/c1-19-7-8(6-15-19)12-11-9(4-3-5-10(11)21)16-13-17-14(22-2)18-20(12)13/h6-7,12H,3-5H2,1-2H3,(H,16,17,18)/t12-/m0/s1. The molecule has 114 valence electrons. The second-order valence-corrected chi connectivity index (χ2v) is 6.28. The van der Waals surface area contributed by atoms with Crippen LogP contribution in [0.25, 0.3) is 0 Å². The van der Waals surface area contributed by atoms with E-state index < -0.39 is 0 Å². The van der Waals surface area contributed by atoms with Gasteiger partial charge in [-0.3, -0.25) is 9.48 Å². The number of hydrogen-bond acceptors (Lipinski definition) is 6. The van der Waals surface area contributed by atoms with Crippen LogP contribution in [0.15, 0.2) is 28.8 Å². The molecule has 0 bridgehead atoms. The lowest BCUT2D eigenvalue weighted by Crippen LogP contribution is -2.31. The van der Waals surface area contributed by atoms with Gasteiger partial charge in [-0.2, -0.15) is 10.1 Å². The van der Waals surface area contributed by atoms with E-state index in [9.17, 15) is 4.79 Å². The lowest BCUT2D eigenvalue weighted by atomic mass is 9.86. The maximum Gasteiger partial charge on any atom is 0.227 e. The van der Waals surface area contributed by atoms with E-state index in [-0.39, 0.29) is 11.8 Å². The summed E-state index contributed by atoms with van der Waals surface area (Å²) in [5.74, 6) is 0.890. The van der Waals surface area contributed by atoms with E-state index >= 15 is 0 Å². The number of rotatable bonds is 2. The van der Waals surface area contributed by atoms with E-state index in [1.165, 1.54) is 11.8 Å². The van der Waals surface area contributed by atoms with Crippen molar-refractivity contribution in [3.05, 3.63) is 29.2 Å². The Bertz CT molecular complexity index is 789. The Labute approximate surface area is 131 Å². The number of Topliss-reactive ketones (excluding diaryl/α,β-unsaturated/α-hetero) is 1. The molecule has 0 aromatic carbocycles. The van der Waals surface area contributed by atoms with Gasteiger partial charge in [-0.1, -0.05) is 11.8 Å². The Morgan fingerprint density at radius 2 is 2.27 bits per heavy atom. The highest BCUT2D eigenvalue weighted by molar-refractivity contribution is 7.98. The van der Waals surface area contributed by atoms with Crippen molar-refractivity contribution < 1.29 is 4.79 Å². The van der Waals surface area contributed by atoms with Crippen LogP contribution in [0.5, 0.6) is 0 Å². The molecule has 2 aromatic rings. The van der Waals surface area contributed by atoms with Crippen LogP contribution < -0.4 is 5.32 Å². The second kappa shape index (κ2) is 4.98. The molecule has 1 atom stereocenters. The Morgan fingerprint density at radius 1 is 1.41 bits per heavy atom. The first-order chi connectivity index (χ1) is 10.7. The van der Waals surface area contributed by atoms with Crippen LogP contribution in [-0.2, 0) is 11.8 Å². The molecule has 1 aliphatic carbocycles. The summed E-state index contributed by atoms with van der Waals surface area (Å²) in [5.41, 5.74) is 2.76. The quantitative estimate of drug-likeness (QED) is 0.851. The zero-order chi connectivity index (χ0) is 15.3. The van der Waals surface area contributed by atoms with Crippen molar-refractivity contribution in [3.8, 4) is 0 Å². The van der Waals surface area contributed by atoms with Gasteiger partial charge in [0.05, 0.1) is 6.20 Å². The maximum atomic E-state index is 12.5. The molecule has 0 amide bonds. The molecule has 2 aliphatic rings. The Hall–Kier alpha value is -2.09. The van der Waals surface area contributed by atoms with Crippen LogP contribution in [0.1, 0.15) is 30.9 Å². The third-order valence-corrected chi connectivity index (χ3v) is 4.61. The molecule has 2 aromatic heterocycles. The molecular formula is C14H16N6OS. The number of ketones is 1. The van der Waals surface area contributed by atoms with E-state index in [1.54, 1.807) is 10.9 Å². The van der Waals surface area contributed by atoms with Gasteiger partial charge in [-0.25, -0.2) is 4.68 Å². The second-order valence-electron chi connectivity index (χ2n) is 5.51. The van der Waals surface area contributed by atoms with Gasteiger partial charge in [-0.05, 0) is 19.1 Å². The monoisotopic (exact) mass is 316 g/mol. The molecule has 0 unspecified atom stereocenters. The van der Waals surface area contributed by atoms with Crippen molar-refractivity contribution in [2.24, 2.45) is 7.05 Å². The van der Waals surface area contributed by atoms with Crippen molar-refractivity contribution in [3.63, 3.8) is 0 Å². The largest absolute Gasteiger partial charge is 0.328 e. The predicted molar refractivity (Wildman–Crippen MR) is 82.7 cm³/mol. The first-order valence-corrected chi connectivity index (χ1v) is 8.42. The van der Waals surface area contributed by atoms with E-state index in [2.05, 4.69) is 20.5 Å². The Kier molecular flexibility index (Phi) is 3.07. The fraction of sp³-hybridized carbons (Fsp3) is 0.429. The molecule has 1 aliphatic heterocycles. The number of anilines is 1. The summed E-state index contributed by atoms with van der Waals surface area (Å²) in [6.45, 7) is 0. The molecule has 0 spiro atoms. The predicted octanol–water partition coefficient (Wildman–Crippen LogP) is 1.76. The van der Waals surface area contributed by atoms with Crippen LogP contribution in [0.4, 0.5) is 5.95 Å². The minimum atomic E-state index is -0.235. The number of allylic oxidation sites excluding steroid dienone is 2. The number of nitrogens with zero attached hydrogens (tertiary/aromatic N) is 5. The molecule has 8 heteroatoms. The van der Waals surface area contributed by atoms with Gasteiger partial charge >= 0.3 is 0 Å². The van der Waals surface area contributed by atoms with Crippen molar-refractivity contribution in [1.82, 2.24) is 24.5 Å². The van der Waals surface area contributed by atoms with Crippen molar-refractivity contribution in [1.29, 1.82) is 0 Å². The molecule has 4 rings (SSSR count). The minimum absolute atomic E-state index is 0.189. The fourth-order valence-electron chi connectivity index (χ4n) is 3.11. The highest BCUT2D eigenvalue weighted by atomic mass is 32.2. The van der Waals surface area contributed by atoms with Crippen molar-refractivity contribution >= 4 is 23.5 Å². The van der Waals surface area contributed by atoms with Crippen LogP contribution in [0.2, 0.25) is 0 Å². The SMILES string of the molecule is CSc1nc2n(n1)[C@@H](c1cnn(C)c1)C1=C(CCCC1=O)N2. The van der Waals surface area contributed by atoms with Gasteiger partial charge < -0.3 is 5.32 Å². The maximum absolute atomic E-state index is 12.5. The highest BCUT2D eigenvalue weighted by Gasteiger charge is 2.37. The lowest BCUT2D eigenvalue weighted by molar-refractivity contribution is -0.116. The smallest absolute Gasteiger partial charge is 0.227 e. The highest BCUT2D eigenvalue weighted by Crippen LogP contribution is 2.40. The van der Waals surface area contributed by atoms with Gasteiger partial charge in [0.15, 0.2) is 5.78 Å². The summed E-state index contributed by atoms with van der Waals surface area (Å²) in [7, 11) is 1.87. The first-order valence-electron chi connectivity index (χ1n) is 7.19. The number of carbonyl (C=O) groups excluding carboxylic acids is 1. The van der Waals surface area contributed by atoms with Crippen molar-refractivity contribution in [2.45, 2.75) is 30.5 Å². The number of aryl methyl sites for hydroxylation is 1. The Morgan fingerprint density at radius 3 is 3.00 bits per heavy atom. The van der Waals surface area contributed by atoms with Gasteiger partial charge in [0, 0.05) is 36.5 Å². The van der Waals surface area contributed by atoms with E-state index in [0.717, 1.165) is 29.7 Å². The Balaban J connectivity index is 1.91. The molecular weight excluding hydrogens is 300 g/mol. The van der Waals surface area contributed by atoms with Crippen LogP contribution in [0, 0.1) is 0 Å². The third kappa shape index (κ3) is 1.98. The number of hydrogen-bond donors (Lipinski definition) is 1. The van der Waals surface area contributed by atoms with E-state index in [4.69, 9.17) is 0 Å². The molecule has 22 heavy (non-hydrogen) atoms. The summed E-state index contributed by atoms with van der Waals surface area (Å²) < 4.78 is 3.56. The number of carbonyl (C=O) groups is 1. The topological polar surface area (TPSA) is 77.6 Å². The lowest BCUT2D eigenvalue weighted by Gasteiger charge is -2.31. The van der Waals surface area contributed by atoms with Gasteiger partial charge in [0.1, 0.15) is 6.04 Å². The third-order valence-electron chi connectivity index (χ3n) is 4.07. The van der Waals surface area contributed by atoms with Gasteiger partial charge in [0.25, 0.3) is 0 Å². The summed E-state index contributed by atoms with van der Waals surface area (Å²) in [5, 5.41) is 12.8. The van der Waals surface area contributed by atoms with Crippen LogP contribution in [-0.4, -0.2) is 36.6 Å². The average Bonchev–Trinajstić information content (AvgIpc) is 3.11. The van der Waals surface area contributed by atoms with Crippen LogP contribution >= 0.6 is 11.8 Å². The van der Waals surface area contributed by atoms with Gasteiger partial charge in [0.2, 0.25) is 11.1 Å². The average molecular weight is 316 g/mol. The summed E-state index contributed by atoms with van der Waals surface area (Å²) in [6, 6.07) is -0.235. The normalized spacial score (nSPS) is 20.6. The number of aromatic nitrogens is 5. The molecule has 0 saturated heterocycles. The first kappa shape index (κ1) is 13.6. The number of thioether (sulfide) groups is 1. The van der Waals surface area contributed by atoms with E-state index in [1.807, 2.05) is 24.2 Å². The number of nitrogens with one attached hydrogen (secondary N) is 1. The molecule has 3 heterocycles. The molecule has 0 saturated carbocycles. The van der Waals surface area contributed by atoms with Gasteiger partial charge in [-0.15, -0.1) is 5.10 Å². The number of fused-ring (bicyclic) bond motifs is 1. The van der Waals surface area contributed by atoms with E-state index in [0.29, 0.717) is 17.5 Å². The zero-order valence-electron chi connectivity index (χ0n) is 12.4.